The summed E-state index contributed by atoms with van der Waals surface area (Å²) in [5, 5.41) is 75.8. The molecule has 1 saturated heterocycles. The predicted octanol–water partition coefficient (Wildman–Crippen LogP) is 2.36. The molecule has 16 nitrogen and oxygen atoms in total. The fourth-order valence-electron chi connectivity index (χ4n) is 5.04. The maximum Gasteiger partial charge on any atom is 0.450 e. The second kappa shape index (κ2) is 18.6. The number of phenols is 1. The highest BCUT2D eigenvalue weighted by molar-refractivity contribution is 6.30. The number of aliphatic hydroxyl groups excluding tert-OH is 4. The van der Waals surface area contributed by atoms with Gasteiger partial charge in [0.2, 0.25) is 11.2 Å². The third-order valence-electron chi connectivity index (χ3n) is 7.70. The van der Waals surface area contributed by atoms with Crippen molar-refractivity contribution in [2.24, 2.45) is 0 Å². The lowest BCUT2D eigenvalue weighted by molar-refractivity contribution is -0.165. The first-order valence-corrected chi connectivity index (χ1v) is 15.5. The minimum atomic E-state index is -4.91. The van der Waals surface area contributed by atoms with Gasteiger partial charge in [-0.05, 0) is 55.6 Å². The summed E-state index contributed by atoms with van der Waals surface area (Å²) in [7, 11) is 0. The van der Waals surface area contributed by atoms with E-state index >= 15 is 0 Å². The highest BCUT2D eigenvalue weighted by Crippen LogP contribution is 2.40. The zero-order valence-corrected chi connectivity index (χ0v) is 27.8. The minimum Gasteiger partial charge on any atom is -0.507 e. The number of aromatic hydroxyl groups is 1. The van der Waals surface area contributed by atoms with Gasteiger partial charge in [0.05, 0.1) is 16.5 Å². The number of hydrogen-bond acceptors (Lipinski definition) is 12. The molecule has 52 heavy (non-hydrogen) atoms. The lowest BCUT2D eigenvalue weighted by atomic mass is 9.97. The molecule has 3 aromatic rings. The molecule has 20 heteroatoms. The molecular weight excluding hydrogens is 731 g/mol. The van der Waals surface area contributed by atoms with Crippen molar-refractivity contribution in [3.8, 4) is 16.9 Å². The van der Waals surface area contributed by atoms with Crippen LogP contribution in [0, 0.1) is 0 Å². The van der Waals surface area contributed by atoms with Crippen LogP contribution in [-0.2, 0) is 31.9 Å². The molecule has 5 atom stereocenters. The number of benzene rings is 2. The van der Waals surface area contributed by atoms with E-state index in [9.17, 15) is 42.3 Å². The summed E-state index contributed by atoms with van der Waals surface area (Å²) >= 11 is 5.96. The molecule has 2 aromatic carbocycles. The van der Waals surface area contributed by atoms with Gasteiger partial charge in [0.1, 0.15) is 11.3 Å². The molecule has 9 N–H and O–H groups in total. The smallest absolute Gasteiger partial charge is 0.450 e. The number of piperidine rings is 1. The first kappa shape index (κ1) is 43.4. The molecule has 0 amide bonds. The van der Waals surface area contributed by atoms with Crippen LogP contribution >= 0.6 is 11.6 Å². The Morgan fingerprint density at radius 2 is 1.40 bits per heavy atom. The number of nitrogens with zero attached hydrogens (tertiary/aromatic N) is 1. The Bertz CT molecular complexity index is 1740. The number of aliphatic hydroxyl groups is 4. The molecule has 0 radical (unpaired) electrons. The zero-order chi connectivity index (χ0) is 39.7. The van der Waals surface area contributed by atoms with Gasteiger partial charge < -0.3 is 50.4 Å². The summed E-state index contributed by atoms with van der Waals surface area (Å²) in [4.78, 5) is 54.5. The molecule has 0 spiro atoms. The van der Waals surface area contributed by atoms with E-state index in [1.54, 1.807) is 0 Å². The Morgan fingerprint density at radius 1 is 0.885 bits per heavy atom. The molecule has 1 fully saturated rings. The van der Waals surface area contributed by atoms with Crippen LogP contribution in [0.2, 0.25) is 5.02 Å². The van der Waals surface area contributed by atoms with E-state index in [4.69, 9.17) is 56.9 Å². The van der Waals surface area contributed by atoms with Crippen LogP contribution in [0.5, 0.6) is 5.75 Å². The monoisotopic (exact) mass is 765 g/mol. The Labute approximate surface area is 296 Å². The van der Waals surface area contributed by atoms with Gasteiger partial charge in [0, 0.05) is 17.6 Å². The van der Waals surface area contributed by atoms with Gasteiger partial charge >= 0.3 is 30.1 Å². The molecule has 4 rings (SSSR count). The Morgan fingerprint density at radius 3 is 1.85 bits per heavy atom. The SMILES string of the molecule is CCC1CCCCN1Cc1c(O)ccc2c(=O)c(-c3cccc(Cl)c3)c(C(F)(F)F)oc12.O=C(O)C(O)C(O)C(=O)O.O=C(O)C(O)C(O)C(=O)O. The Kier molecular flexibility index (Phi) is 15.5. The number of phenolic OH excluding ortho intramolecular Hbond substituents is 1. The van der Waals surface area contributed by atoms with Gasteiger partial charge in [-0.3, -0.25) is 9.69 Å². The van der Waals surface area contributed by atoms with Crippen LogP contribution in [-0.4, -0.2) is 112 Å². The standard InChI is InChI=1S/C24H23ClF3NO3.2C4H6O6/c1-2-16-8-3-4-11-29(16)13-18-19(30)10-9-17-21(31)20(14-6-5-7-15(25)12-14)23(24(26,27)28)32-22(17)18;2*5-1(3(7)8)2(6)4(9)10/h5-7,9-10,12,16,30H,2-4,8,11,13H2,1H3;2*1-2,5-6H,(H,7,8)(H,9,10). The number of halogens is 4. The van der Waals surface area contributed by atoms with Gasteiger partial charge in [0.15, 0.2) is 24.4 Å². The third kappa shape index (κ3) is 11.1. The number of likely N-dealkylation sites (tertiary alicyclic amines) is 1. The van der Waals surface area contributed by atoms with Crippen molar-refractivity contribution in [2.75, 3.05) is 6.54 Å². The van der Waals surface area contributed by atoms with Crippen molar-refractivity contribution in [1.82, 2.24) is 4.90 Å². The van der Waals surface area contributed by atoms with Crippen molar-refractivity contribution < 1.29 is 82.7 Å². The van der Waals surface area contributed by atoms with Gasteiger partial charge in [-0.2, -0.15) is 13.2 Å². The van der Waals surface area contributed by atoms with Crippen molar-refractivity contribution in [3.05, 3.63) is 63.0 Å². The normalized spacial score (nSPS) is 17.0. The molecular formula is C32H35ClF3NO15. The van der Waals surface area contributed by atoms with Crippen LogP contribution in [0.15, 0.2) is 45.6 Å². The highest BCUT2D eigenvalue weighted by Gasteiger charge is 2.40. The van der Waals surface area contributed by atoms with Crippen LogP contribution in [0.4, 0.5) is 13.2 Å². The maximum atomic E-state index is 14.0. The molecule has 1 aromatic heterocycles. The van der Waals surface area contributed by atoms with Crippen molar-refractivity contribution >= 4 is 46.4 Å². The summed E-state index contributed by atoms with van der Waals surface area (Å²) in [6, 6.07) is 8.59. The average molecular weight is 766 g/mol. The van der Waals surface area contributed by atoms with Crippen molar-refractivity contribution in [2.45, 2.75) is 75.8 Å². The maximum absolute atomic E-state index is 14.0. The van der Waals surface area contributed by atoms with Crippen LogP contribution < -0.4 is 5.43 Å². The summed E-state index contributed by atoms with van der Waals surface area (Å²) in [5.41, 5.74) is -1.41. The van der Waals surface area contributed by atoms with E-state index in [0.29, 0.717) is 0 Å². The minimum absolute atomic E-state index is 0.00849. The molecule has 0 saturated carbocycles. The third-order valence-corrected chi connectivity index (χ3v) is 7.94. The second-order valence-electron chi connectivity index (χ2n) is 11.2. The highest BCUT2D eigenvalue weighted by atomic mass is 35.5. The van der Waals surface area contributed by atoms with Crippen LogP contribution in [0.3, 0.4) is 0 Å². The summed E-state index contributed by atoms with van der Waals surface area (Å²) < 4.78 is 47.4. The predicted molar refractivity (Wildman–Crippen MR) is 173 cm³/mol. The molecule has 1 aliphatic rings. The van der Waals surface area contributed by atoms with E-state index in [0.717, 1.165) is 32.2 Å². The van der Waals surface area contributed by atoms with Crippen LogP contribution in [0.1, 0.15) is 43.9 Å². The number of hydrogen-bond donors (Lipinski definition) is 9. The Balaban J connectivity index is 0.000000385. The number of fused-ring (bicyclic) bond motifs is 1. The fourth-order valence-corrected chi connectivity index (χ4v) is 5.23. The van der Waals surface area contributed by atoms with Gasteiger partial charge in [0.25, 0.3) is 0 Å². The average Bonchev–Trinajstić information content (AvgIpc) is 3.08. The summed E-state index contributed by atoms with van der Waals surface area (Å²) in [5.74, 6) is -8.66. The quantitative estimate of drug-likeness (QED) is 0.143. The lowest BCUT2D eigenvalue weighted by Gasteiger charge is -2.35. The fraction of sp³-hybridized carbons (Fsp3) is 0.406. The number of carbonyl (C=O) groups is 4. The Hall–Kier alpha value is -4.79. The van der Waals surface area contributed by atoms with Gasteiger partial charge in [-0.15, -0.1) is 0 Å². The molecule has 0 aliphatic carbocycles. The molecule has 286 valence electrons. The first-order chi connectivity index (χ1) is 24.1. The zero-order valence-electron chi connectivity index (χ0n) is 27.0. The lowest BCUT2D eigenvalue weighted by Crippen LogP contribution is -2.39. The number of carboxylic acid groups (broad SMARTS) is 4. The van der Waals surface area contributed by atoms with E-state index in [2.05, 4.69) is 11.8 Å². The summed E-state index contributed by atoms with van der Waals surface area (Å²) in [6.07, 6.45) is -10.0. The topological polar surface area (TPSA) is 284 Å². The first-order valence-electron chi connectivity index (χ1n) is 15.2. The van der Waals surface area contributed by atoms with Crippen LogP contribution in [0.25, 0.3) is 22.1 Å². The molecule has 1 aliphatic heterocycles. The van der Waals surface area contributed by atoms with E-state index < -0.39 is 71.2 Å². The van der Waals surface area contributed by atoms with Gasteiger partial charge in [-0.1, -0.05) is 37.1 Å². The van der Waals surface area contributed by atoms with Crippen molar-refractivity contribution in [3.63, 3.8) is 0 Å². The molecule has 2 heterocycles. The van der Waals surface area contributed by atoms with E-state index in [1.807, 2.05) is 0 Å². The van der Waals surface area contributed by atoms with E-state index in [-0.39, 0.29) is 45.5 Å². The van der Waals surface area contributed by atoms with Gasteiger partial charge in [-0.25, -0.2) is 19.2 Å². The number of rotatable bonds is 10. The number of aliphatic carboxylic acids is 4. The number of alkyl halides is 3. The second-order valence-corrected chi connectivity index (χ2v) is 11.7. The molecule has 5 unspecified atom stereocenters. The molecule has 0 bridgehead atoms. The van der Waals surface area contributed by atoms with E-state index in [1.165, 1.54) is 36.4 Å². The van der Waals surface area contributed by atoms with Crippen molar-refractivity contribution in [1.29, 1.82) is 0 Å². The largest absolute Gasteiger partial charge is 0.507 e. The summed E-state index contributed by atoms with van der Waals surface area (Å²) in [6.45, 7) is 3.04. The number of carboxylic acids is 4.